The van der Waals surface area contributed by atoms with Crippen LogP contribution >= 0.6 is 0 Å². The van der Waals surface area contributed by atoms with Crippen LogP contribution in [0.5, 0.6) is 0 Å². The molecule has 1 spiro atoms. The van der Waals surface area contributed by atoms with E-state index in [1.807, 2.05) is 32.9 Å². The average molecular weight is 330 g/mol. The van der Waals surface area contributed by atoms with Crippen LogP contribution in [0.1, 0.15) is 47.9 Å². The van der Waals surface area contributed by atoms with Gasteiger partial charge in [-0.1, -0.05) is 17.7 Å². The molecule has 0 amide bonds. The van der Waals surface area contributed by atoms with Gasteiger partial charge in [0.2, 0.25) is 0 Å². The summed E-state index contributed by atoms with van der Waals surface area (Å²) in [6.07, 6.45) is 3.27. The van der Waals surface area contributed by atoms with Crippen LogP contribution in [0.4, 0.5) is 0 Å². The van der Waals surface area contributed by atoms with E-state index in [0.717, 1.165) is 35.1 Å². The summed E-state index contributed by atoms with van der Waals surface area (Å²) in [6.45, 7) is 6.61. The van der Waals surface area contributed by atoms with Crippen molar-refractivity contribution in [1.82, 2.24) is 0 Å². The highest BCUT2D eigenvalue weighted by atomic mass is 16.6. The van der Waals surface area contributed by atoms with Crippen LogP contribution in [-0.4, -0.2) is 30.4 Å². The standard InChI is InChI=1S/C20H26O4/c1-12-8-13(2)16(14(3)9-12)17-18(21)20(24-19(17)22)7-5-6-15(10-20)11-23-4/h8-9,15,21H,5-7,10-11H2,1-4H3. The Morgan fingerprint density at radius 2 is 1.96 bits per heavy atom. The molecule has 2 unspecified atom stereocenters. The van der Waals surface area contributed by atoms with Crippen LogP contribution in [-0.2, 0) is 14.3 Å². The number of ether oxygens (including phenoxy) is 2. The summed E-state index contributed by atoms with van der Waals surface area (Å²) >= 11 is 0. The van der Waals surface area contributed by atoms with E-state index >= 15 is 0 Å². The number of aliphatic hydroxyl groups excluding tert-OH is 1. The van der Waals surface area contributed by atoms with Gasteiger partial charge in [-0.3, -0.25) is 0 Å². The van der Waals surface area contributed by atoms with Gasteiger partial charge in [-0.05, 0) is 69.1 Å². The first kappa shape index (κ1) is 17.0. The molecular weight excluding hydrogens is 304 g/mol. The van der Waals surface area contributed by atoms with Gasteiger partial charge in [0.25, 0.3) is 0 Å². The minimum Gasteiger partial charge on any atom is -0.507 e. The van der Waals surface area contributed by atoms with E-state index in [1.54, 1.807) is 7.11 Å². The molecule has 0 radical (unpaired) electrons. The van der Waals surface area contributed by atoms with Crippen molar-refractivity contribution in [3.05, 3.63) is 40.1 Å². The molecule has 1 fully saturated rings. The number of rotatable bonds is 3. The fourth-order valence-corrected chi connectivity index (χ4v) is 4.43. The van der Waals surface area contributed by atoms with Crippen molar-refractivity contribution in [1.29, 1.82) is 0 Å². The second-order valence-electron chi connectivity index (χ2n) is 7.30. The number of hydrogen-bond acceptors (Lipinski definition) is 4. The minimum atomic E-state index is -0.863. The summed E-state index contributed by atoms with van der Waals surface area (Å²) in [5.41, 5.74) is 3.43. The molecule has 2 aliphatic rings. The predicted octanol–water partition coefficient (Wildman–Crippen LogP) is 4.01. The Morgan fingerprint density at radius 3 is 2.58 bits per heavy atom. The highest BCUT2D eigenvalue weighted by molar-refractivity contribution is 6.20. The van der Waals surface area contributed by atoms with Crippen molar-refractivity contribution in [3.8, 4) is 0 Å². The normalized spacial score (nSPS) is 27.0. The van der Waals surface area contributed by atoms with Gasteiger partial charge >= 0.3 is 5.97 Å². The van der Waals surface area contributed by atoms with E-state index in [0.29, 0.717) is 30.9 Å². The molecule has 1 aliphatic heterocycles. The second kappa shape index (κ2) is 6.25. The Bertz CT molecular complexity index is 679. The van der Waals surface area contributed by atoms with Gasteiger partial charge in [0.1, 0.15) is 5.57 Å². The van der Waals surface area contributed by atoms with E-state index in [1.165, 1.54) is 0 Å². The molecule has 0 bridgehead atoms. The Labute approximate surface area is 143 Å². The summed E-state index contributed by atoms with van der Waals surface area (Å²) in [4.78, 5) is 12.6. The third-order valence-corrected chi connectivity index (χ3v) is 5.30. The van der Waals surface area contributed by atoms with Crippen LogP contribution in [0.25, 0.3) is 5.57 Å². The maximum atomic E-state index is 12.6. The molecule has 4 heteroatoms. The van der Waals surface area contributed by atoms with E-state index in [2.05, 4.69) is 0 Å². The zero-order valence-corrected chi connectivity index (χ0v) is 14.9. The molecule has 1 aliphatic carbocycles. The van der Waals surface area contributed by atoms with Crippen LogP contribution < -0.4 is 0 Å². The first-order valence-electron chi connectivity index (χ1n) is 8.62. The molecular formula is C20H26O4. The molecule has 24 heavy (non-hydrogen) atoms. The molecule has 1 aromatic rings. The maximum Gasteiger partial charge on any atom is 0.343 e. The van der Waals surface area contributed by atoms with Gasteiger partial charge in [0, 0.05) is 13.7 Å². The third-order valence-electron chi connectivity index (χ3n) is 5.30. The fraction of sp³-hybridized carbons (Fsp3) is 0.550. The molecule has 0 saturated heterocycles. The van der Waals surface area contributed by atoms with Gasteiger partial charge in [-0.15, -0.1) is 0 Å². The van der Waals surface area contributed by atoms with Crippen molar-refractivity contribution in [2.45, 2.75) is 52.1 Å². The first-order valence-corrected chi connectivity index (χ1v) is 8.62. The zero-order chi connectivity index (χ0) is 17.5. The summed E-state index contributed by atoms with van der Waals surface area (Å²) in [6, 6.07) is 4.07. The van der Waals surface area contributed by atoms with Gasteiger partial charge in [-0.25, -0.2) is 4.79 Å². The summed E-state index contributed by atoms with van der Waals surface area (Å²) in [5.74, 6) is 0.0160. The first-order chi connectivity index (χ1) is 11.4. The van der Waals surface area contributed by atoms with Gasteiger partial charge in [0.05, 0.1) is 0 Å². The molecule has 1 saturated carbocycles. The lowest BCUT2D eigenvalue weighted by Crippen LogP contribution is -2.39. The number of carbonyl (C=O) groups excluding carboxylic acids is 1. The molecule has 130 valence electrons. The minimum absolute atomic E-state index is 0.114. The lowest BCUT2D eigenvalue weighted by atomic mass is 9.76. The van der Waals surface area contributed by atoms with Gasteiger partial charge < -0.3 is 14.6 Å². The summed E-state index contributed by atoms with van der Waals surface area (Å²) < 4.78 is 11.0. The monoisotopic (exact) mass is 330 g/mol. The van der Waals surface area contributed by atoms with E-state index in [-0.39, 0.29) is 5.76 Å². The van der Waals surface area contributed by atoms with Crippen LogP contribution in [0, 0.1) is 26.7 Å². The lowest BCUT2D eigenvalue weighted by molar-refractivity contribution is -0.151. The molecule has 3 rings (SSSR count). The lowest BCUT2D eigenvalue weighted by Gasteiger charge is -2.36. The van der Waals surface area contributed by atoms with Crippen molar-refractivity contribution >= 4 is 11.5 Å². The predicted molar refractivity (Wildman–Crippen MR) is 92.9 cm³/mol. The second-order valence-corrected chi connectivity index (χ2v) is 7.30. The van der Waals surface area contributed by atoms with Crippen LogP contribution in [0.3, 0.4) is 0 Å². The largest absolute Gasteiger partial charge is 0.507 e. The number of benzene rings is 1. The third kappa shape index (κ3) is 2.73. The van der Waals surface area contributed by atoms with Crippen LogP contribution in [0.15, 0.2) is 17.9 Å². The molecule has 1 heterocycles. The average Bonchev–Trinajstić information content (AvgIpc) is 2.71. The van der Waals surface area contributed by atoms with E-state index < -0.39 is 11.6 Å². The molecule has 4 nitrogen and oxygen atoms in total. The topological polar surface area (TPSA) is 55.8 Å². The molecule has 1 N–H and O–H groups in total. The van der Waals surface area contributed by atoms with Crippen molar-refractivity contribution in [2.75, 3.05) is 13.7 Å². The van der Waals surface area contributed by atoms with Crippen LogP contribution in [0.2, 0.25) is 0 Å². The highest BCUT2D eigenvalue weighted by Gasteiger charge is 2.51. The maximum absolute atomic E-state index is 12.6. The van der Waals surface area contributed by atoms with Gasteiger partial charge in [0.15, 0.2) is 11.4 Å². The van der Waals surface area contributed by atoms with E-state index in [9.17, 15) is 9.90 Å². The molecule has 0 aromatic heterocycles. The number of methoxy groups -OCH3 is 1. The number of aryl methyl sites for hydroxylation is 3. The summed E-state index contributed by atoms with van der Waals surface area (Å²) in [7, 11) is 1.68. The Morgan fingerprint density at radius 1 is 1.29 bits per heavy atom. The van der Waals surface area contributed by atoms with Gasteiger partial charge in [-0.2, -0.15) is 0 Å². The zero-order valence-electron chi connectivity index (χ0n) is 14.9. The van der Waals surface area contributed by atoms with Crippen molar-refractivity contribution in [2.24, 2.45) is 5.92 Å². The fourth-order valence-electron chi connectivity index (χ4n) is 4.43. The molecule has 2 atom stereocenters. The Kier molecular flexibility index (Phi) is 4.43. The van der Waals surface area contributed by atoms with Crippen molar-refractivity contribution < 1.29 is 19.4 Å². The number of carbonyl (C=O) groups is 1. The number of aliphatic hydroxyl groups is 1. The molecule has 1 aromatic carbocycles. The Hall–Kier alpha value is -1.81. The summed E-state index contributed by atoms with van der Waals surface area (Å²) in [5, 5.41) is 11.0. The van der Waals surface area contributed by atoms with E-state index in [4.69, 9.17) is 9.47 Å². The smallest absolute Gasteiger partial charge is 0.343 e. The SMILES string of the molecule is COCC1CCCC2(C1)OC(=O)C(c1c(C)cc(C)cc1C)=C2O. The number of hydrogen-bond donors (Lipinski definition) is 1. The quantitative estimate of drug-likeness (QED) is 0.851. The highest BCUT2D eigenvalue weighted by Crippen LogP contribution is 2.47. The van der Waals surface area contributed by atoms with Crippen molar-refractivity contribution in [3.63, 3.8) is 0 Å². The number of esters is 1. The Balaban J connectivity index is 2.05.